The van der Waals surface area contributed by atoms with E-state index in [-0.39, 0.29) is 0 Å². The first-order chi connectivity index (χ1) is 8.61. The predicted octanol–water partition coefficient (Wildman–Crippen LogP) is 1.82. The highest BCUT2D eigenvalue weighted by atomic mass is 15.2. The van der Waals surface area contributed by atoms with Gasteiger partial charge in [0.2, 0.25) is 0 Å². The Bertz CT molecular complexity index is 240. The minimum atomic E-state index is 0.623. The van der Waals surface area contributed by atoms with Crippen LogP contribution in [0.5, 0.6) is 0 Å². The Morgan fingerprint density at radius 2 is 1.94 bits per heavy atom. The fourth-order valence-electron chi connectivity index (χ4n) is 2.39. The first-order valence-electron chi connectivity index (χ1n) is 7.39. The van der Waals surface area contributed by atoms with Gasteiger partial charge in [0.1, 0.15) is 0 Å². The number of hydrogen-bond acceptors (Lipinski definition) is 4. The van der Waals surface area contributed by atoms with E-state index in [1.54, 1.807) is 0 Å². The molecule has 0 saturated carbocycles. The summed E-state index contributed by atoms with van der Waals surface area (Å²) in [6.45, 7) is 13.2. The Hall–Kier alpha value is -0.770. The number of guanidine groups is 1. The fourth-order valence-corrected chi connectivity index (χ4v) is 2.39. The monoisotopic (exact) mass is 254 g/mol. The fraction of sp³-hybridized carbons (Fsp3) is 0.929. The summed E-state index contributed by atoms with van der Waals surface area (Å²) >= 11 is 0. The minimum absolute atomic E-state index is 0.623. The number of nitrogens with zero attached hydrogens (tertiary/aromatic N) is 2. The van der Waals surface area contributed by atoms with Gasteiger partial charge in [0.15, 0.2) is 5.96 Å². The van der Waals surface area contributed by atoms with Crippen LogP contribution in [0.2, 0.25) is 0 Å². The van der Waals surface area contributed by atoms with Crippen LogP contribution in [-0.4, -0.2) is 49.1 Å². The van der Waals surface area contributed by atoms with E-state index in [1.165, 1.54) is 12.8 Å². The molecule has 0 spiro atoms. The van der Waals surface area contributed by atoms with Gasteiger partial charge in [0.05, 0.1) is 0 Å². The van der Waals surface area contributed by atoms with Crippen molar-refractivity contribution in [2.24, 2.45) is 4.99 Å². The van der Waals surface area contributed by atoms with Gasteiger partial charge >= 0.3 is 0 Å². The molecule has 4 heteroatoms. The largest absolute Gasteiger partial charge is 0.356 e. The Kier molecular flexibility index (Phi) is 7.09. The maximum atomic E-state index is 4.49. The molecule has 1 aliphatic heterocycles. The molecule has 0 unspecified atom stereocenters. The van der Waals surface area contributed by atoms with Crippen molar-refractivity contribution in [3.05, 3.63) is 0 Å². The van der Waals surface area contributed by atoms with E-state index in [2.05, 4.69) is 48.2 Å². The summed E-state index contributed by atoms with van der Waals surface area (Å²) in [6, 6.07) is 1.25. The molecule has 0 amide bonds. The van der Waals surface area contributed by atoms with E-state index in [1.807, 2.05) is 0 Å². The molecule has 106 valence electrons. The molecule has 0 aromatic heterocycles. The predicted molar refractivity (Wildman–Crippen MR) is 79.1 cm³/mol. The number of hydrogen-bond donors (Lipinski definition) is 2. The van der Waals surface area contributed by atoms with Gasteiger partial charge in [0.25, 0.3) is 0 Å². The van der Waals surface area contributed by atoms with E-state index in [0.717, 1.165) is 38.6 Å². The maximum Gasteiger partial charge on any atom is 0.191 e. The maximum absolute atomic E-state index is 4.49. The van der Waals surface area contributed by atoms with Gasteiger partial charge in [-0.15, -0.1) is 0 Å². The van der Waals surface area contributed by atoms with Crippen molar-refractivity contribution in [2.45, 2.75) is 59.0 Å². The van der Waals surface area contributed by atoms with Gasteiger partial charge in [-0.3, -0.25) is 9.89 Å². The minimum Gasteiger partial charge on any atom is -0.356 e. The summed E-state index contributed by atoms with van der Waals surface area (Å²) in [6.07, 6.45) is 3.59. The van der Waals surface area contributed by atoms with Crippen LogP contribution in [0.3, 0.4) is 0 Å². The molecule has 4 nitrogen and oxygen atoms in total. The third-order valence-electron chi connectivity index (χ3n) is 3.36. The Balaban J connectivity index is 2.18. The third kappa shape index (κ3) is 5.71. The van der Waals surface area contributed by atoms with Crippen molar-refractivity contribution in [1.82, 2.24) is 15.5 Å². The van der Waals surface area contributed by atoms with Crippen LogP contribution in [0.15, 0.2) is 4.99 Å². The SMILES string of the molecule is CC(C)N(CCCNC1=NCCCCN1)C(C)C. The average molecular weight is 254 g/mol. The number of nitrogens with one attached hydrogen (secondary N) is 2. The van der Waals surface area contributed by atoms with Crippen molar-refractivity contribution >= 4 is 5.96 Å². The van der Waals surface area contributed by atoms with Gasteiger partial charge < -0.3 is 10.6 Å². The first kappa shape index (κ1) is 15.3. The van der Waals surface area contributed by atoms with E-state index in [0.29, 0.717) is 12.1 Å². The summed E-state index contributed by atoms with van der Waals surface area (Å²) in [4.78, 5) is 7.02. The summed E-state index contributed by atoms with van der Waals surface area (Å²) in [5.74, 6) is 0.994. The lowest BCUT2D eigenvalue weighted by molar-refractivity contribution is 0.173. The number of aliphatic imine (C=N–C) groups is 1. The zero-order valence-corrected chi connectivity index (χ0v) is 12.5. The highest BCUT2D eigenvalue weighted by Crippen LogP contribution is 2.05. The molecule has 1 aliphatic rings. The first-order valence-corrected chi connectivity index (χ1v) is 7.39. The zero-order chi connectivity index (χ0) is 13.4. The van der Waals surface area contributed by atoms with Crippen molar-refractivity contribution in [3.8, 4) is 0 Å². The topological polar surface area (TPSA) is 39.7 Å². The van der Waals surface area contributed by atoms with E-state index >= 15 is 0 Å². The van der Waals surface area contributed by atoms with Crippen molar-refractivity contribution in [2.75, 3.05) is 26.2 Å². The second-order valence-electron chi connectivity index (χ2n) is 5.57. The lowest BCUT2D eigenvalue weighted by Gasteiger charge is -2.30. The van der Waals surface area contributed by atoms with Crippen molar-refractivity contribution in [3.63, 3.8) is 0 Å². The standard InChI is InChI=1S/C14H30N4/c1-12(2)18(13(3)4)11-7-10-17-14-15-8-5-6-9-16-14/h12-13H,5-11H2,1-4H3,(H2,15,16,17). The molecule has 0 saturated heterocycles. The molecule has 0 atom stereocenters. The molecule has 0 aromatic carbocycles. The van der Waals surface area contributed by atoms with Gasteiger partial charge in [-0.2, -0.15) is 0 Å². The van der Waals surface area contributed by atoms with Crippen LogP contribution in [0.25, 0.3) is 0 Å². The molecule has 18 heavy (non-hydrogen) atoms. The highest BCUT2D eigenvalue weighted by Gasteiger charge is 2.12. The normalized spacial score (nSPS) is 16.7. The quantitative estimate of drug-likeness (QED) is 0.710. The van der Waals surface area contributed by atoms with Gasteiger partial charge in [-0.1, -0.05) is 0 Å². The Morgan fingerprint density at radius 1 is 1.22 bits per heavy atom. The van der Waals surface area contributed by atoms with Gasteiger partial charge in [-0.05, 0) is 47.0 Å². The molecule has 0 radical (unpaired) electrons. The van der Waals surface area contributed by atoms with E-state index < -0.39 is 0 Å². The lowest BCUT2D eigenvalue weighted by Crippen LogP contribution is -2.41. The van der Waals surface area contributed by atoms with Crippen molar-refractivity contribution in [1.29, 1.82) is 0 Å². The van der Waals surface area contributed by atoms with Gasteiger partial charge in [0, 0.05) is 38.3 Å². The van der Waals surface area contributed by atoms with E-state index in [4.69, 9.17) is 0 Å². The summed E-state index contributed by atoms with van der Waals surface area (Å²) in [5.41, 5.74) is 0. The lowest BCUT2D eigenvalue weighted by atomic mass is 10.2. The van der Waals surface area contributed by atoms with Crippen LogP contribution >= 0.6 is 0 Å². The van der Waals surface area contributed by atoms with E-state index in [9.17, 15) is 0 Å². The Labute approximate surface area is 112 Å². The van der Waals surface area contributed by atoms with Crippen LogP contribution in [0.4, 0.5) is 0 Å². The molecule has 2 N–H and O–H groups in total. The third-order valence-corrected chi connectivity index (χ3v) is 3.36. The molecule has 1 rings (SSSR count). The highest BCUT2D eigenvalue weighted by molar-refractivity contribution is 5.79. The molecular weight excluding hydrogens is 224 g/mol. The van der Waals surface area contributed by atoms with Gasteiger partial charge in [-0.25, -0.2) is 0 Å². The molecule has 0 fully saturated rings. The van der Waals surface area contributed by atoms with Crippen LogP contribution in [0, 0.1) is 0 Å². The van der Waals surface area contributed by atoms with Crippen LogP contribution in [-0.2, 0) is 0 Å². The molecule has 0 bridgehead atoms. The molecular formula is C14H30N4. The average Bonchev–Trinajstić information content (AvgIpc) is 2.56. The second-order valence-corrected chi connectivity index (χ2v) is 5.57. The van der Waals surface area contributed by atoms with Crippen LogP contribution < -0.4 is 10.6 Å². The molecule has 0 aliphatic carbocycles. The number of rotatable bonds is 6. The Morgan fingerprint density at radius 3 is 2.61 bits per heavy atom. The summed E-state index contributed by atoms with van der Waals surface area (Å²) in [5, 5.41) is 6.75. The smallest absolute Gasteiger partial charge is 0.191 e. The summed E-state index contributed by atoms with van der Waals surface area (Å²) < 4.78 is 0. The molecule has 1 heterocycles. The van der Waals surface area contributed by atoms with Crippen LogP contribution in [0.1, 0.15) is 47.0 Å². The zero-order valence-electron chi connectivity index (χ0n) is 12.5. The second kappa shape index (κ2) is 8.35. The summed E-state index contributed by atoms with van der Waals surface area (Å²) in [7, 11) is 0. The molecule has 0 aromatic rings. The van der Waals surface area contributed by atoms with Crippen molar-refractivity contribution < 1.29 is 0 Å².